The predicted molar refractivity (Wildman–Crippen MR) is 75.2 cm³/mol. The van der Waals surface area contributed by atoms with Crippen molar-refractivity contribution in [2.45, 2.75) is 37.8 Å². The lowest BCUT2D eigenvalue weighted by Gasteiger charge is -2.26. The summed E-state index contributed by atoms with van der Waals surface area (Å²) in [4.78, 5) is 19.1. The van der Waals surface area contributed by atoms with Gasteiger partial charge < -0.3 is 21.5 Å². The molecule has 7 heteroatoms. The maximum atomic E-state index is 11.2. The van der Waals surface area contributed by atoms with E-state index in [-0.39, 0.29) is 11.8 Å². The summed E-state index contributed by atoms with van der Waals surface area (Å²) in [5.74, 6) is -0.197. The molecule has 1 aromatic heterocycles. The van der Waals surface area contributed by atoms with Gasteiger partial charge in [0.25, 0.3) is 5.91 Å². The summed E-state index contributed by atoms with van der Waals surface area (Å²) in [7, 11) is 0. The summed E-state index contributed by atoms with van der Waals surface area (Å²) >= 11 is 0. The standard InChI is InChI=1S/C13H21N5O2/c14-9-1-3-10(4-2-9)20-8-7-18-13-11(12(15)19)16-5-6-17-13/h5-6,9-10H,1-4,7-8,14H2,(H2,15,19)(H,17,18). The van der Waals surface area contributed by atoms with Gasteiger partial charge in [-0.3, -0.25) is 4.79 Å². The Hall–Kier alpha value is -1.73. The van der Waals surface area contributed by atoms with Crippen molar-refractivity contribution in [3.8, 4) is 0 Å². The van der Waals surface area contributed by atoms with Gasteiger partial charge >= 0.3 is 0 Å². The Balaban J connectivity index is 1.72. The molecule has 0 unspecified atom stereocenters. The van der Waals surface area contributed by atoms with Crippen LogP contribution in [0, 0.1) is 0 Å². The zero-order chi connectivity index (χ0) is 14.4. The number of primary amides is 1. The van der Waals surface area contributed by atoms with Crippen molar-refractivity contribution >= 4 is 11.7 Å². The van der Waals surface area contributed by atoms with E-state index >= 15 is 0 Å². The van der Waals surface area contributed by atoms with Crippen molar-refractivity contribution in [2.24, 2.45) is 11.5 Å². The van der Waals surface area contributed by atoms with Gasteiger partial charge in [-0.25, -0.2) is 9.97 Å². The number of carbonyl (C=O) groups excluding carboxylic acids is 1. The number of carbonyl (C=O) groups is 1. The molecule has 1 aliphatic carbocycles. The van der Waals surface area contributed by atoms with Gasteiger partial charge in [-0.05, 0) is 25.7 Å². The highest BCUT2D eigenvalue weighted by atomic mass is 16.5. The minimum Gasteiger partial charge on any atom is -0.376 e. The number of rotatable bonds is 6. The first-order chi connectivity index (χ1) is 9.66. The first-order valence-electron chi connectivity index (χ1n) is 6.88. The summed E-state index contributed by atoms with van der Waals surface area (Å²) in [5.41, 5.74) is 11.2. The maximum Gasteiger partial charge on any atom is 0.271 e. The Labute approximate surface area is 118 Å². The lowest BCUT2D eigenvalue weighted by atomic mass is 9.94. The molecule has 1 saturated carbocycles. The van der Waals surface area contributed by atoms with E-state index in [0.717, 1.165) is 25.7 Å². The average molecular weight is 279 g/mol. The van der Waals surface area contributed by atoms with Crippen LogP contribution in [0.5, 0.6) is 0 Å². The van der Waals surface area contributed by atoms with Crippen LogP contribution in [-0.2, 0) is 4.74 Å². The normalized spacial score (nSPS) is 22.4. The molecule has 5 N–H and O–H groups in total. The molecule has 110 valence electrons. The van der Waals surface area contributed by atoms with Gasteiger partial charge in [0.1, 0.15) is 0 Å². The number of aromatic nitrogens is 2. The van der Waals surface area contributed by atoms with E-state index in [4.69, 9.17) is 16.2 Å². The summed E-state index contributed by atoms with van der Waals surface area (Å²) in [6.45, 7) is 1.11. The molecular formula is C13H21N5O2. The minimum atomic E-state index is -0.595. The summed E-state index contributed by atoms with van der Waals surface area (Å²) in [6.07, 6.45) is 7.31. The molecule has 0 aromatic carbocycles. The number of hydrogen-bond acceptors (Lipinski definition) is 6. The first kappa shape index (κ1) is 14.7. The smallest absolute Gasteiger partial charge is 0.271 e. The van der Waals surface area contributed by atoms with Crippen molar-refractivity contribution in [1.29, 1.82) is 0 Å². The summed E-state index contributed by atoms with van der Waals surface area (Å²) in [5, 5.41) is 3.02. The highest BCUT2D eigenvalue weighted by Gasteiger charge is 2.18. The van der Waals surface area contributed by atoms with Gasteiger partial charge in [0.15, 0.2) is 11.5 Å². The van der Waals surface area contributed by atoms with Crippen LogP contribution >= 0.6 is 0 Å². The molecule has 0 saturated heterocycles. The van der Waals surface area contributed by atoms with Gasteiger partial charge in [0.05, 0.1) is 12.7 Å². The molecule has 0 aliphatic heterocycles. The van der Waals surface area contributed by atoms with Gasteiger partial charge in [-0.15, -0.1) is 0 Å². The molecule has 1 aromatic rings. The SMILES string of the molecule is NC(=O)c1nccnc1NCCOC1CCC(N)CC1. The molecule has 0 bridgehead atoms. The van der Waals surface area contributed by atoms with Crippen molar-refractivity contribution in [3.05, 3.63) is 18.1 Å². The molecule has 0 radical (unpaired) electrons. The van der Waals surface area contributed by atoms with Crippen LogP contribution in [0.3, 0.4) is 0 Å². The van der Waals surface area contributed by atoms with Crippen LogP contribution in [0.15, 0.2) is 12.4 Å². The molecule has 1 fully saturated rings. The third-order valence-corrected chi connectivity index (χ3v) is 3.40. The largest absolute Gasteiger partial charge is 0.376 e. The van der Waals surface area contributed by atoms with Gasteiger partial charge in [0, 0.05) is 25.0 Å². The number of hydrogen-bond donors (Lipinski definition) is 3. The Morgan fingerprint density at radius 1 is 1.30 bits per heavy atom. The molecule has 1 heterocycles. The van der Waals surface area contributed by atoms with E-state index in [1.807, 2.05) is 0 Å². The fourth-order valence-corrected chi connectivity index (χ4v) is 2.30. The Morgan fingerprint density at radius 3 is 2.70 bits per heavy atom. The van der Waals surface area contributed by atoms with Crippen LogP contribution in [0.25, 0.3) is 0 Å². The Bertz CT molecular complexity index is 446. The zero-order valence-corrected chi connectivity index (χ0v) is 11.4. The quantitative estimate of drug-likeness (QED) is 0.644. The molecule has 0 atom stereocenters. The van der Waals surface area contributed by atoms with Gasteiger partial charge in [-0.2, -0.15) is 0 Å². The third-order valence-electron chi connectivity index (χ3n) is 3.40. The third kappa shape index (κ3) is 4.14. The fourth-order valence-electron chi connectivity index (χ4n) is 2.30. The number of ether oxygens (including phenoxy) is 1. The van der Waals surface area contributed by atoms with E-state index in [1.54, 1.807) is 0 Å². The van der Waals surface area contributed by atoms with Crippen molar-refractivity contribution in [2.75, 3.05) is 18.5 Å². The van der Waals surface area contributed by atoms with Crippen molar-refractivity contribution < 1.29 is 9.53 Å². The molecule has 1 amide bonds. The average Bonchev–Trinajstić information content (AvgIpc) is 2.46. The van der Waals surface area contributed by atoms with Gasteiger partial charge in [-0.1, -0.05) is 0 Å². The second kappa shape index (κ2) is 7.16. The number of anilines is 1. The number of nitrogens with one attached hydrogen (secondary N) is 1. The topological polar surface area (TPSA) is 116 Å². The second-order valence-electron chi connectivity index (χ2n) is 4.95. The van der Waals surface area contributed by atoms with E-state index in [0.29, 0.717) is 25.0 Å². The number of amides is 1. The lowest BCUT2D eigenvalue weighted by molar-refractivity contribution is 0.0313. The van der Waals surface area contributed by atoms with Crippen LogP contribution < -0.4 is 16.8 Å². The van der Waals surface area contributed by atoms with E-state index < -0.39 is 5.91 Å². The molecule has 0 spiro atoms. The van der Waals surface area contributed by atoms with Crippen LogP contribution in [0.4, 0.5) is 5.82 Å². The van der Waals surface area contributed by atoms with E-state index in [1.165, 1.54) is 12.4 Å². The molecule has 1 aliphatic rings. The number of nitrogens with zero attached hydrogens (tertiary/aromatic N) is 2. The maximum absolute atomic E-state index is 11.2. The monoisotopic (exact) mass is 279 g/mol. The van der Waals surface area contributed by atoms with Crippen LogP contribution in [-0.4, -0.2) is 41.2 Å². The molecule has 7 nitrogen and oxygen atoms in total. The molecule has 2 rings (SSSR count). The highest BCUT2D eigenvalue weighted by Crippen LogP contribution is 2.19. The minimum absolute atomic E-state index is 0.149. The van der Waals surface area contributed by atoms with Crippen LogP contribution in [0.2, 0.25) is 0 Å². The molecule has 20 heavy (non-hydrogen) atoms. The van der Waals surface area contributed by atoms with Crippen molar-refractivity contribution in [1.82, 2.24) is 9.97 Å². The second-order valence-corrected chi connectivity index (χ2v) is 4.95. The lowest BCUT2D eigenvalue weighted by Crippen LogP contribution is -2.31. The predicted octanol–water partition coefficient (Wildman–Crippen LogP) is 0.274. The summed E-state index contributed by atoms with van der Waals surface area (Å²) in [6, 6.07) is 0.325. The highest BCUT2D eigenvalue weighted by molar-refractivity contribution is 5.95. The number of nitrogens with two attached hydrogens (primary N) is 2. The summed E-state index contributed by atoms with van der Waals surface area (Å²) < 4.78 is 5.77. The van der Waals surface area contributed by atoms with E-state index in [9.17, 15) is 4.79 Å². The Morgan fingerprint density at radius 2 is 2.00 bits per heavy atom. The van der Waals surface area contributed by atoms with Gasteiger partial charge in [0.2, 0.25) is 0 Å². The first-order valence-corrected chi connectivity index (χ1v) is 6.88. The Kier molecular flexibility index (Phi) is 5.25. The fraction of sp³-hybridized carbons (Fsp3) is 0.615. The van der Waals surface area contributed by atoms with Crippen molar-refractivity contribution in [3.63, 3.8) is 0 Å². The molecular weight excluding hydrogens is 258 g/mol. The van der Waals surface area contributed by atoms with Crippen LogP contribution in [0.1, 0.15) is 36.2 Å². The van der Waals surface area contributed by atoms with E-state index in [2.05, 4.69) is 15.3 Å². The zero-order valence-electron chi connectivity index (χ0n) is 11.4.